The van der Waals surface area contributed by atoms with E-state index in [2.05, 4.69) is 5.32 Å². The smallest absolute Gasteiger partial charge is 0.225 e. The Morgan fingerprint density at radius 1 is 1.41 bits per heavy atom. The van der Waals surface area contributed by atoms with Crippen LogP contribution < -0.4 is 11.1 Å². The Morgan fingerprint density at radius 3 is 2.41 bits per heavy atom. The zero-order valence-electron chi connectivity index (χ0n) is 11.2. The van der Waals surface area contributed by atoms with E-state index in [9.17, 15) is 10.0 Å². The number of hydroxylamine groups is 2. The van der Waals surface area contributed by atoms with Gasteiger partial charge < -0.3 is 11.1 Å². The Balaban J connectivity index is 2.68. The SMILES string of the molecule is CC1(C)CC(C(=O)NCCCN)C(C)(C)N1[O]. The minimum Gasteiger partial charge on any atom is -0.356 e. The molecule has 5 nitrogen and oxygen atoms in total. The first-order valence-corrected chi connectivity index (χ1v) is 6.18. The second kappa shape index (κ2) is 4.92. The quantitative estimate of drug-likeness (QED) is 0.711. The molecule has 1 radical (unpaired) electrons. The third-order valence-corrected chi connectivity index (χ3v) is 3.63. The fourth-order valence-corrected chi connectivity index (χ4v) is 2.60. The summed E-state index contributed by atoms with van der Waals surface area (Å²) >= 11 is 0. The number of hydrogen-bond acceptors (Lipinski definition) is 3. The van der Waals surface area contributed by atoms with Gasteiger partial charge in [-0.2, -0.15) is 0 Å². The standard InChI is InChI=1S/C12H24N3O2/c1-11(2)8-9(12(3,4)15(11)17)10(16)14-7-5-6-13/h9H,5-8,13H2,1-4H3,(H,14,16). The van der Waals surface area contributed by atoms with E-state index in [1.807, 2.05) is 27.7 Å². The van der Waals surface area contributed by atoms with Gasteiger partial charge in [0.15, 0.2) is 0 Å². The number of nitrogens with two attached hydrogens (primary N) is 1. The first-order chi connectivity index (χ1) is 7.73. The van der Waals surface area contributed by atoms with Gasteiger partial charge in [0.05, 0.1) is 11.5 Å². The van der Waals surface area contributed by atoms with Crippen molar-refractivity contribution in [2.75, 3.05) is 13.1 Å². The molecule has 1 heterocycles. The third kappa shape index (κ3) is 2.78. The molecule has 1 rings (SSSR count). The van der Waals surface area contributed by atoms with Crippen LogP contribution in [0.15, 0.2) is 0 Å². The number of nitrogens with one attached hydrogen (secondary N) is 1. The first kappa shape index (κ1) is 14.4. The van der Waals surface area contributed by atoms with Crippen molar-refractivity contribution in [2.24, 2.45) is 11.7 Å². The van der Waals surface area contributed by atoms with E-state index in [0.717, 1.165) is 11.5 Å². The molecule has 0 bridgehead atoms. The summed E-state index contributed by atoms with van der Waals surface area (Å²) in [6.07, 6.45) is 1.36. The van der Waals surface area contributed by atoms with Crippen molar-refractivity contribution in [2.45, 2.75) is 51.6 Å². The molecule has 0 aromatic heterocycles. The van der Waals surface area contributed by atoms with Crippen LogP contribution in [0.3, 0.4) is 0 Å². The van der Waals surface area contributed by atoms with Crippen LogP contribution >= 0.6 is 0 Å². The molecule has 0 aromatic rings. The number of carbonyl (C=O) groups excluding carboxylic acids is 1. The molecule has 1 aliphatic rings. The predicted octanol–water partition coefficient (Wildman–Crippen LogP) is 0.676. The van der Waals surface area contributed by atoms with E-state index in [0.29, 0.717) is 19.5 Å². The van der Waals surface area contributed by atoms with Crippen LogP contribution in [0.4, 0.5) is 0 Å². The molecule has 1 fully saturated rings. The van der Waals surface area contributed by atoms with E-state index >= 15 is 0 Å². The maximum atomic E-state index is 12.1. The third-order valence-electron chi connectivity index (χ3n) is 3.63. The Kier molecular flexibility index (Phi) is 4.17. The molecule has 1 unspecified atom stereocenters. The largest absolute Gasteiger partial charge is 0.356 e. The van der Waals surface area contributed by atoms with Crippen molar-refractivity contribution in [3.05, 3.63) is 0 Å². The summed E-state index contributed by atoms with van der Waals surface area (Å²) in [4.78, 5) is 12.1. The minimum absolute atomic E-state index is 0.0325. The van der Waals surface area contributed by atoms with Crippen LogP contribution in [0.5, 0.6) is 0 Å². The summed E-state index contributed by atoms with van der Waals surface area (Å²) in [6, 6.07) is 0. The van der Waals surface area contributed by atoms with E-state index in [1.54, 1.807) is 0 Å². The highest BCUT2D eigenvalue weighted by Gasteiger charge is 2.54. The van der Waals surface area contributed by atoms with Crippen molar-refractivity contribution < 1.29 is 10.0 Å². The average molecular weight is 242 g/mol. The molecule has 17 heavy (non-hydrogen) atoms. The highest BCUT2D eigenvalue weighted by Crippen LogP contribution is 2.43. The second-order valence-corrected chi connectivity index (χ2v) is 5.95. The number of carbonyl (C=O) groups is 1. The maximum Gasteiger partial charge on any atom is 0.225 e. The van der Waals surface area contributed by atoms with E-state index in [4.69, 9.17) is 5.73 Å². The molecule has 0 aromatic carbocycles. The van der Waals surface area contributed by atoms with Crippen LogP contribution in [-0.2, 0) is 10.0 Å². The Labute approximate surface area is 103 Å². The number of nitrogens with zero attached hydrogens (tertiary/aromatic N) is 1. The van der Waals surface area contributed by atoms with Crippen molar-refractivity contribution >= 4 is 5.91 Å². The molecular formula is C12H24N3O2. The molecule has 5 heteroatoms. The minimum atomic E-state index is -0.643. The molecule has 1 atom stereocenters. The van der Waals surface area contributed by atoms with Gasteiger partial charge in [0.2, 0.25) is 5.91 Å². The molecule has 3 N–H and O–H groups in total. The van der Waals surface area contributed by atoms with Gasteiger partial charge in [-0.25, -0.2) is 0 Å². The van der Waals surface area contributed by atoms with Gasteiger partial charge in [0.25, 0.3) is 0 Å². The topological polar surface area (TPSA) is 78.3 Å². The van der Waals surface area contributed by atoms with Crippen LogP contribution in [0.1, 0.15) is 40.5 Å². The summed E-state index contributed by atoms with van der Waals surface area (Å²) < 4.78 is 0. The van der Waals surface area contributed by atoms with Gasteiger partial charge in [-0.15, -0.1) is 10.3 Å². The summed E-state index contributed by atoms with van der Waals surface area (Å²) in [6.45, 7) is 8.59. The number of hydrogen-bond donors (Lipinski definition) is 2. The van der Waals surface area contributed by atoms with E-state index in [-0.39, 0.29) is 11.8 Å². The van der Waals surface area contributed by atoms with Gasteiger partial charge in [-0.3, -0.25) is 4.79 Å². The van der Waals surface area contributed by atoms with Crippen molar-refractivity contribution in [1.82, 2.24) is 10.4 Å². The van der Waals surface area contributed by atoms with Gasteiger partial charge in [0.1, 0.15) is 0 Å². The van der Waals surface area contributed by atoms with E-state index in [1.165, 1.54) is 0 Å². The van der Waals surface area contributed by atoms with Gasteiger partial charge in [-0.05, 0) is 47.1 Å². The molecule has 1 saturated heterocycles. The lowest BCUT2D eigenvalue weighted by Gasteiger charge is -2.33. The van der Waals surface area contributed by atoms with E-state index < -0.39 is 11.1 Å². The lowest BCUT2D eigenvalue weighted by molar-refractivity contribution is -0.247. The molecule has 1 amide bonds. The monoisotopic (exact) mass is 242 g/mol. The molecule has 0 saturated carbocycles. The predicted molar refractivity (Wildman–Crippen MR) is 65.5 cm³/mol. The molecule has 0 spiro atoms. The zero-order valence-corrected chi connectivity index (χ0v) is 11.2. The normalized spacial score (nSPS) is 27.1. The Hall–Kier alpha value is -0.650. The number of amides is 1. The molecule has 99 valence electrons. The van der Waals surface area contributed by atoms with Crippen molar-refractivity contribution in [3.8, 4) is 0 Å². The Morgan fingerprint density at radius 2 is 2.00 bits per heavy atom. The highest BCUT2D eigenvalue weighted by atomic mass is 16.5. The summed E-state index contributed by atoms with van der Waals surface area (Å²) in [5, 5.41) is 16.0. The van der Waals surface area contributed by atoms with Crippen LogP contribution in [0.2, 0.25) is 0 Å². The fourth-order valence-electron chi connectivity index (χ4n) is 2.60. The molecular weight excluding hydrogens is 218 g/mol. The lowest BCUT2D eigenvalue weighted by atomic mass is 9.86. The lowest BCUT2D eigenvalue weighted by Crippen LogP contribution is -2.49. The first-order valence-electron chi connectivity index (χ1n) is 6.18. The molecule has 0 aliphatic carbocycles. The van der Waals surface area contributed by atoms with Gasteiger partial charge >= 0.3 is 0 Å². The summed E-state index contributed by atoms with van der Waals surface area (Å²) in [5.74, 6) is -0.289. The van der Waals surface area contributed by atoms with Crippen molar-refractivity contribution in [1.29, 1.82) is 0 Å². The zero-order chi connectivity index (χ0) is 13.3. The number of rotatable bonds is 4. The highest BCUT2D eigenvalue weighted by molar-refractivity contribution is 5.80. The second-order valence-electron chi connectivity index (χ2n) is 5.95. The molecule has 1 aliphatic heterocycles. The average Bonchev–Trinajstić information content (AvgIpc) is 2.39. The van der Waals surface area contributed by atoms with Crippen LogP contribution in [0.25, 0.3) is 0 Å². The fraction of sp³-hybridized carbons (Fsp3) is 0.917. The summed E-state index contributed by atoms with van der Waals surface area (Å²) in [7, 11) is 0. The van der Waals surface area contributed by atoms with Crippen LogP contribution in [-0.4, -0.2) is 35.1 Å². The van der Waals surface area contributed by atoms with Crippen molar-refractivity contribution in [3.63, 3.8) is 0 Å². The van der Waals surface area contributed by atoms with Crippen LogP contribution in [0, 0.1) is 5.92 Å². The van der Waals surface area contributed by atoms with Gasteiger partial charge in [-0.1, -0.05) is 0 Å². The summed E-state index contributed by atoms with van der Waals surface area (Å²) in [5.41, 5.74) is 4.26. The maximum absolute atomic E-state index is 12.1. The van der Waals surface area contributed by atoms with Gasteiger partial charge in [0, 0.05) is 12.1 Å². The Bertz CT molecular complexity index is 289.